The monoisotopic (exact) mass is 415 g/mol. The largest absolute Gasteiger partial charge is 0.348 e. The molecule has 0 spiro atoms. The van der Waals surface area contributed by atoms with Gasteiger partial charge < -0.3 is 16.0 Å². The molecule has 0 saturated heterocycles. The Bertz CT molecular complexity index is 1040. The Labute approximate surface area is 181 Å². The van der Waals surface area contributed by atoms with Crippen LogP contribution in [0.15, 0.2) is 78.9 Å². The highest BCUT2D eigenvalue weighted by molar-refractivity contribution is 6.04. The molecule has 31 heavy (non-hydrogen) atoms. The second-order valence-corrected chi connectivity index (χ2v) is 7.42. The van der Waals surface area contributed by atoms with E-state index in [-0.39, 0.29) is 23.6 Å². The highest BCUT2D eigenvalue weighted by Gasteiger charge is 2.09. The van der Waals surface area contributed by atoms with Gasteiger partial charge in [-0.3, -0.25) is 14.4 Å². The average molecular weight is 415 g/mol. The van der Waals surface area contributed by atoms with Gasteiger partial charge in [-0.2, -0.15) is 0 Å². The first-order chi connectivity index (χ1) is 14.9. The average Bonchev–Trinajstić information content (AvgIpc) is 2.79. The molecule has 0 saturated carbocycles. The third kappa shape index (κ3) is 6.27. The standard InChI is InChI=1S/C25H25N3O3/c1-17(2)23(29)27-21-12-8-18(9-13-21)16-26-24(30)20-10-14-22(15-11-20)28-25(31)19-6-4-3-5-7-19/h3-15,17H,16H2,1-2H3,(H,26,30)(H,27,29)(H,28,31). The summed E-state index contributed by atoms with van der Waals surface area (Å²) in [6.07, 6.45) is 0. The van der Waals surface area contributed by atoms with Gasteiger partial charge in [0.05, 0.1) is 0 Å². The number of carbonyl (C=O) groups is 3. The van der Waals surface area contributed by atoms with Crippen molar-refractivity contribution >= 4 is 29.1 Å². The van der Waals surface area contributed by atoms with Crippen molar-refractivity contribution < 1.29 is 14.4 Å². The van der Waals surface area contributed by atoms with Crippen LogP contribution in [0.3, 0.4) is 0 Å². The van der Waals surface area contributed by atoms with Crippen LogP contribution in [-0.4, -0.2) is 17.7 Å². The molecule has 0 aliphatic rings. The number of anilines is 2. The second kappa shape index (κ2) is 10.2. The molecule has 6 nitrogen and oxygen atoms in total. The van der Waals surface area contributed by atoms with Gasteiger partial charge in [0.25, 0.3) is 11.8 Å². The van der Waals surface area contributed by atoms with Gasteiger partial charge in [0.1, 0.15) is 0 Å². The number of hydrogen-bond donors (Lipinski definition) is 3. The van der Waals surface area contributed by atoms with Crippen molar-refractivity contribution in [2.75, 3.05) is 10.6 Å². The fourth-order valence-corrected chi connectivity index (χ4v) is 2.77. The van der Waals surface area contributed by atoms with Crippen LogP contribution in [0, 0.1) is 5.92 Å². The molecule has 0 unspecified atom stereocenters. The number of hydrogen-bond acceptors (Lipinski definition) is 3. The predicted octanol–water partition coefficient (Wildman–Crippen LogP) is 4.46. The van der Waals surface area contributed by atoms with Crippen LogP contribution in [0.1, 0.15) is 40.1 Å². The number of benzene rings is 3. The molecule has 0 aromatic heterocycles. The molecule has 0 bridgehead atoms. The Morgan fingerprint density at radius 3 is 1.84 bits per heavy atom. The van der Waals surface area contributed by atoms with E-state index in [9.17, 15) is 14.4 Å². The van der Waals surface area contributed by atoms with Crippen LogP contribution in [-0.2, 0) is 11.3 Å². The molecule has 0 atom stereocenters. The molecule has 3 N–H and O–H groups in total. The fourth-order valence-electron chi connectivity index (χ4n) is 2.77. The van der Waals surface area contributed by atoms with Crippen LogP contribution in [0.2, 0.25) is 0 Å². The molecule has 6 heteroatoms. The van der Waals surface area contributed by atoms with Gasteiger partial charge in [-0.15, -0.1) is 0 Å². The first-order valence-electron chi connectivity index (χ1n) is 10.1. The van der Waals surface area contributed by atoms with E-state index in [0.717, 1.165) is 11.3 Å². The first kappa shape index (κ1) is 21.8. The summed E-state index contributed by atoms with van der Waals surface area (Å²) < 4.78 is 0. The Hall–Kier alpha value is -3.93. The van der Waals surface area contributed by atoms with Gasteiger partial charge in [0.15, 0.2) is 0 Å². The van der Waals surface area contributed by atoms with Gasteiger partial charge in [-0.25, -0.2) is 0 Å². The van der Waals surface area contributed by atoms with Crippen LogP contribution in [0.4, 0.5) is 11.4 Å². The zero-order chi connectivity index (χ0) is 22.2. The van der Waals surface area contributed by atoms with E-state index in [4.69, 9.17) is 0 Å². The maximum Gasteiger partial charge on any atom is 0.255 e. The van der Waals surface area contributed by atoms with Crippen molar-refractivity contribution in [3.63, 3.8) is 0 Å². The maximum absolute atomic E-state index is 12.4. The molecule has 0 radical (unpaired) electrons. The van der Waals surface area contributed by atoms with E-state index >= 15 is 0 Å². The van der Waals surface area contributed by atoms with Crippen molar-refractivity contribution in [2.24, 2.45) is 5.92 Å². The minimum absolute atomic E-state index is 0.0375. The van der Waals surface area contributed by atoms with Crippen LogP contribution < -0.4 is 16.0 Å². The highest BCUT2D eigenvalue weighted by atomic mass is 16.2. The first-order valence-corrected chi connectivity index (χ1v) is 10.1. The molecule has 3 aromatic rings. The molecule has 158 valence electrons. The molecule has 3 rings (SSSR count). The summed E-state index contributed by atoms with van der Waals surface area (Å²) in [5.41, 5.74) is 3.33. The smallest absolute Gasteiger partial charge is 0.255 e. The third-order valence-corrected chi connectivity index (χ3v) is 4.64. The summed E-state index contributed by atoms with van der Waals surface area (Å²) in [6.45, 7) is 4.04. The van der Waals surface area contributed by atoms with Crippen molar-refractivity contribution in [3.05, 3.63) is 95.6 Å². The minimum Gasteiger partial charge on any atom is -0.348 e. The summed E-state index contributed by atoms with van der Waals surface area (Å²) in [5, 5.41) is 8.51. The molecular weight excluding hydrogens is 390 g/mol. The highest BCUT2D eigenvalue weighted by Crippen LogP contribution is 2.13. The zero-order valence-electron chi connectivity index (χ0n) is 17.5. The lowest BCUT2D eigenvalue weighted by atomic mass is 10.1. The molecule has 3 amide bonds. The summed E-state index contributed by atoms with van der Waals surface area (Å²) in [5.74, 6) is -0.537. The topological polar surface area (TPSA) is 87.3 Å². The predicted molar refractivity (Wildman–Crippen MR) is 122 cm³/mol. The molecule has 0 aliphatic heterocycles. The molecule has 0 heterocycles. The van der Waals surface area contributed by atoms with Crippen LogP contribution in [0.5, 0.6) is 0 Å². The van der Waals surface area contributed by atoms with Crippen LogP contribution >= 0.6 is 0 Å². The second-order valence-electron chi connectivity index (χ2n) is 7.42. The molecule has 0 aliphatic carbocycles. The Balaban J connectivity index is 1.51. The Kier molecular flexibility index (Phi) is 7.17. The molecule has 0 fully saturated rings. The summed E-state index contributed by atoms with van der Waals surface area (Å²) in [4.78, 5) is 36.3. The van der Waals surface area contributed by atoms with E-state index < -0.39 is 0 Å². The van der Waals surface area contributed by atoms with Gasteiger partial charge in [-0.05, 0) is 54.1 Å². The zero-order valence-corrected chi connectivity index (χ0v) is 17.5. The number of carbonyl (C=O) groups excluding carboxylic acids is 3. The van der Waals surface area contributed by atoms with E-state index in [1.54, 1.807) is 48.5 Å². The lowest BCUT2D eigenvalue weighted by Gasteiger charge is -2.10. The maximum atomic E-state index is 12.4. The summed E-state index contributed by atoms with van der Waals surface area (Å²) in [7, 11) is 0. The van der Waals surface area contributed by atoms with E-state index in [1.807, 2.05) is 44.2 Å². The Morgan fingerprint density at radius 2 is 1.23 bits per heavy atom. The van der Waals surface area contributed by atoms with Crippen molar-refractivity contribution in [2.45, 2.75) is 20.4 Å². The van der Waals surface area contributed by atoms with Gasteiger partial charge in [0.2, 0.25) is 5.91 Å². The SMILES string of the molecule is CC(C)C(=O)Nc1ccc(CNC(=O)c2ccc(NC(=O)c3ccccc3)cc2)cc1. The molecular formula is C25H25N3O3. The third-order valence-electron chi connectivity index (χ3n) is 4.64. The lowest BCUT2D eigenvalue weighted by Crippen LogP contribution is -2.23. The van der Waals surface area contributed by atoms with Gasteiger partial charge >= 0.3 is 0 Å². The van der Waals surface area contributed by atoms with Crippen LogP contribution in [0.25, 0.3) is 0 Å². The normalized spacial score (nSPS) is 10.4. The summed E-state index contributed by atoms with van der Waals surface area (Å²) in [6, 6.07) is 23.0. The van der Waals surface area contributed by atoms with Gasteiger partial charge in [-0.1, -0.05) is 44.2 Å². The Morgan fingerprint density at radius 1 is 0.677 bits per heavy atom. The summed E-state index contributed by atoms with van der Waals surface area (Å²) >= 11 is 0. The molecule has 3 aromatic carbocycles. The van der Waals surface area contributed by atoms with E-state index in [0.29, 0.717) is 23.4 Å². The lowest BCUT2D eigenvalue weighted by molar-refractivity contribution is -0.118. The van der Waals surface area contributed by atoms with Gasteiger partial charge in [0, 0.05) is 35.0 Å². The van der Waals surface area contributed by atoms with Crippen molar-refractivity contribution in [1.82, 2.24) is 5.32 Å². The van der Waals surface area contributed by atoms with Crippen molar-refractivity contribution in [1.29, 1.82) is 0 Å². The van der Waals surface area contributed by atoms with Crippen molar-refractivity contribution in [3.8, 4) is 0 Å². The fraction of sp³-hybridized carbons (Fsp3) is 0.160. The quantitative estimate of drug-likeness (QED) is 0.532. The van der Waals surface area contributed by atoms with E-state index in [1.165, 1.54) is 0 Å². The number of rotatable bonds is 7. The van der Waals surface area contributed by atoms with E-state index in [2.05, 4.69) is 16.0 Å². The number of amides is 3. The number of nitrogens with one attached hydrogen (secondary N) is 3. The minimum atomic E-state index is -0.210.